The molecule has 0 aliphatic heterocycles. The lowest BCUT2D eigenvalue weighted by molar-refractivity contribution is -0.119. The Morgan fingerprint density at radius 1 is 1.37 bits per heavy atom. The summed E-state index contributed by atoms with van der Waals surface area (Å²) in [6, 6.07) is 9.29. The van der Waals surface area contributed by atoms with Crippen LogP contribution in [0.2, 0.25) is 0 Å². The summed E-state index contributed by atoms with van der Waals surface area (Å²) in [6.07, 6.45) is 4.69. The molecule has 102 valence electrons. The molecule has 0 fully saturated rings. The van der Waals surface area contributed by atoms with Gasteiger partial charge in [-0.25, -0.2) is 0 Å². The summed E-state index contributed by atoms with van der Waals surface area (Å²) in [5, 5.41) is 9.20. The van der Waals surface area contributed by atoms with Gasteiger partial charge in [0.15, 0.2) is 5.78 Å². The monoisotopic (exact) mass is 259 g/mol. The molecule has 1 rings (SSSR count). The number of carbonyl (C=O) groups excluding carboxylic acids is 1. The molecule has 3 nitrogen and oxygen atoms in total. The summed E-state index contributed by atoms with van der Waals surface area (Å²) in [7, 11) is 1.58. The zero-order valence-corrected chi connectivity index (χ0v) is 11.7. The Morgan fingerprint density at radius 3 is 2.79 bits per heavy atom. The number of benzene rings is 1. The predicted molar refractivity (Wildman–Crippen MR) is 75.1 cm³/mol. The van der Waals surface area contributed by atoms with E-state index in [1.165, 1.54) is 0 Å². The van der Waals surface area contributed by atoms with Gasteiger partial charge in [0.25, 0.3) is 0 Å². The smallest absolute Gasteiger partial charge is 0.154 e. The molecule has 1 unspecified atom stereocenters. The van der Waals surface area contributed by atoms with Crippen molar-refractivity contribution in [1.82, 2.24) is 0 Å². The van der Waals surface area contributed by atoms with E-state index in [9.17, 15) is 10.1 Å². The minimum absolute atomic E-state index is 0.00635. The molecule has 0 aliphatic rings. The van der Waals surface area contributed by atoms with E-state index in [1.807, 2.05) is 12.1 Å². The van der Waals surface area contributed by atoms with Gasteiger partial charge >= 0.3 is 0 Å². The molecule has 0 bridgehead atoms. The van der Waals surface area contributed by atoms with Crippen LogP contribution in [0.3, 0.4) is 0 Å². The number of ketones is 1. The van der Waals surface area contributed by atoms with Crippen LogP contribution in [-0.4, -0.2) is 12.9 Å². The van der Waals surface area contributed by atoms with Crippen molar-refractivity contribution in [2.75, 3.05) is 7.11 Å². The molecular weight excluding hydrogens is 238 g/mol. The van der Waals surface area contributed by atoms with Crippen molar-refractivity contribution in [3.63, 3.8) is 0 Å². The molecule has 0 spiro atoms. The van der Waals surface area contributed by atoms with Crippen molar-refractivity contribution < 1.29 is 9.53 Å². The number of hydrogen-bond acceptors (Lipinski definition) is 3. The van der Waals surface area contributed by atoms with Gasteiger partial charge in [0, 0.05) is 6.42 Å². The first-order valence-corrected chi connectivity index (χ1v) is 6.79. The van der Waals surface area contributed by atoms with Gasteiger partial charge in [-0.2, -0.15) is 5.26 Å². The topological polar surface area (TPSA) is 50.1 Å². The van der Waals surface area contributed by atoms with Crippen LogP contribution in [0.15, 0.2) is 24.3 Å². The molecule has 0 radical (unpaired) electrons. The fourth-order valence-electron chi connectivity index (χ4n) is 2.02. The first-order chi connectivity index (χ1) is 9.22. The van der Waals surface area contributed by atoms with Crippen LogP contribution >= 0.6 is 0 Å². The molecule has 1 atom stereocenters. The predicted octanol–water partition coefficient (Wildman–Crippen LogP) is 3.84. The second kappa shape index (κ2) is 8.31. The molecular formula is C16H21NO2. The lowest BCUT2D eigenvalue weighted by atomic mass is 9.93. The number of nitriles is 1. The van der Waals surface area contributed by atoms with Gasteiger partial charge in [0.2, 0.25) is 0 Å². The van der Waals surface area contributed by atoms with Crippen LogP contribution < -0.4 is 4.74 Å². The number of nitrogens with zero attached hydrogens (tertiary/aromatic N) is 1. The number of hydrogen-bond donors (Lipinski definition) is 0. The van der Waals surface area contributed by atoms with Crippen LogP contribution in [0, 0.1) is 11.3 Å². The Morgan fingerprint density at radius 2 is 2.16 bits per heavy atom. The Hall–Kier alpha value is -1.82. The molecule has 1 aromatic carbocycles. The zero-order valence-electron chi connectivity index (χ0n) is 11.7. The van der Waals surface area contributed by atoms with Gasteiger partial charge in [-0.3, -0.25) is 4.79 Å². The van der Waals surface area contributed by atoms with Crippen LogP contribution in [0.25, 0.3) is 0 Å². The molecule has 3 heteroatoms. The van der Waals surface area contributed by atoms with Crippen LogP contribution in [-0.2, 0) is 4.79 Å². The SMILES string of the molecule is CCCCCCC(=O)C(C#N)c1cccc(OC)c1. The molecule has 1 aromatic rings. The standard InChI is InChI=1S/C16H21NO2/c1-3-4-5-6-10-16(18)15(12-17)13-8-7-9-14(11-13)19-2/h7-9,11,15H,3-6,10H2,1-2H3. The minimum atomic E-state index is -0.670. The van der Waals surface area contributed by atoms with Gasteiger partial charge < -0.3 is 4.74 Å². The molecule has 0 saturated heterocycles. The summed E-state index contributed by atoms with van der Waals surface area (Å²) >= 11 is 0. The van der Waals surface area contributed by atoms with Gasteiger partial charge in [-0.15, -0.1) is 0 Å². The summed E-state index contributed by atoms with van der Waals surface area (Å²) in [4.78, 5) is 12.1. The fraction of sp³-hybridized carbons (Fsp3) is 0.500. The van der Waals surface area contributed by atoms with Crippen LogP contribution in [0.1, 0.15) is 50.5 Å². The number of carbonyl (C=O) groups is 1. The second-order valence-electron chi connectivity index (χ2n) is 4.62. The van der Waals surface area contributed by atoms with Gasteiger partial charge in [0.1, 0.15) is 11.7 Å². The first-order valence-electron chi connectivity index (χ1n) is 6.79. The minimum Gasteiger partial charge on any atom is -0.497 e. The van der Waals surface area contributed by atoms with Crippen molar-refractivity contribution in [2.45, 2.75) is 44.9 Å². The zero-order chi connectivity index (χ0) is 14.1. The van der Waals surface area contributed by atoms with Crippen LogP contribution in [0.5, 0.6) is 5.75 Å². The van der Waals surface area contributed by atoms with E-state index >= 15 is 0 Å². The van der Waals surface area contributed by atoms with Gasteiger partial charge in [0.05, 0.1) is 13.2 Å². The van der Waals surface area contributed by atoms with Crippen molar-refractivity contribution in [1.29, 1.82) is 5.26 Å². The number of Topliss-reactive ketones (excluding diaryl/α,β-unsaturated/α-hetero) is 1. The Balaban J connectivity index is 2.66. The molecule has 0 aromatic heterocycles. The third-order valence-electron chi connectivity index (χ3n) is 3.15. The Kier molecular flexibility index (Phi) is 6.67. The Bertz CT molecular complexity index is 448. The third-order valence-corrected chi connectivity index (χ3v) is 3.15. The number of unbranched alkanes of at least 4 members (excludes halogenated alkanes) is 3. The molecule has 0 N–H and O–H groups in total. The normalized spacial score (nSPS) is 11.6. The van der Waals surface area contributed by atoms with Crippen LogP contribution in [0.4, 0.5) is 0 Å². The van der Waals surface area contributed by atoms with Gasteiger partial charge in [-0.1, -0.05) is 38.3 Å². The lowest BCUT2D eigenvalue weighted by Crippen LogP contribution is -2.10. The van der Waals surface area contributed by atoms with E-state index in [0.29, 0.717) is 12.2 Å². The summed E-state index contributed by atoms with van der Waals surface area (Å²) in [5.41, 5.74) is 0.724. The molecule has 0 saturated carbocycles. The summed E-state index contributed by atoms with van der Waals surface area (Å²) in [6.45, 7) is 2.14. The van der Waals surface area contributed by atoms with E-state index in [-0.39, 0.29) is 5.78 Å². The average molecular weight is 259 g/mol. The van der Waals surface area contributed by atoms with Gasteiger partial charge in [-0.05, 0) is 24.1 Å². The van der Waals surface area contributed by atoms with Crippen molar-refractivity contribution >= 4 is 5.78 Å². The van der Waals surface area contributed by atoms with Crippen molar-refractivity contribution in [3.05, 3.63) is 29.8 Å². The average Bonchev–Trinajstić information content (AvgIpc) is 2.44. The highest BCUT2D eigenvalue weighted by atomic mass is 16.5. The third kappa shape index (κ3) is 4.75. The van der Waals surface area contributed by atoms with E-state index in [4.69, 9.17) is 4.74 Å². The maximum Gasteiger partial charge on any atom is 0.154 e. The largest absolute Gasteiger partial charge is 0.497 e. The highest BCUT2D eigenvalue weighted by Gasteiger charge is 2.19. The number of ether oxygens (including phenoxy) is 1. The number of rotatable bonds is 8. The maximum atomic E-state index is 12.1. The second-order valence-corrected chi connectivity index (χ2v) is 4.62. The lowest BCUT2D eigenvalue weighted by Gasteiger charge is -2.10. The highest BCUT2D eigenvalue weighted by Crippen LogP contribution is 2.23. The Labute approximate surface area is 115 Å². The highest BCUT2D eigenvalue weighted by molar-refractivity contribution is 5.88. The van der Waals surface area contributed by atoms with Crippen molar-refractivity contribution in [3.8, 4) is 11.8 Å². The first kappa shape index (κ1) is 15.2. The van der Waals surface area contributed by atoms with E-state index in [2.05, 4.69) is 13.0 Å². The maximum absolute atomic E-state index is 12.1. The van der Waals surface area contributed by atoms with E-state index in [0.717, 1.165) is 31.2 Å². The summed E-state index contributed by atoms with van der Waals surface area (Å²) < 4.78 is 5.12. The molecule has 0 heterocycles. The van der Waals surface area contributed by atoms with Crippen molar-refractivity contribution in [2.24, 2.45) is 0 Å². The quantitative estimate of drug-likeness (QED) is 0.666. The molecule has 0 aliphatic carbocycles. The number of methoxy groups -OCH3 is 1. The summed E-state index contributed by atoms with van der Waals surface area (Å²) in [5.74, 6) is 0.0140. The van der Waals surface area contributed by atoms with E-state index in [1.54, 1.807) is 19.2 Å². The van der Waals surface area contributed by atoms with E-state index < -0.39 is 5.92 Å². The molecule has 19 heavy (non-hydrogen) atoms. The fourth-order valence-corrected chi connectivity index (χ4v) is 2.02. The molecule has 0 amide bonds.